The molecule has 3 heteroatoms. The van der Waals surface area contributed by atoms with Crippen LogP contribution in [0.4, 0.5) is 0 Å². The summed E-state index contributed by atoms with van der Waals surface area (Å²) in [6, 6.07) is 21.5. The van der Waals surface area contributed by atoms with Gasteiger partial charge in [-0.05, 0) is 48.7 Å². The summed E-state index contributed by atoms with van der Waals surface area (Å²) in [5.74, 6) is 1.10. The van der Waals surface area contributed by atoms with Gasteiger partial charge in [0.15, 0.2) is 0 Å². The molecule has 128 valence electrons. The Morgan fingerprint density at radius 2 is 1.76 bits per heavy atom. The fraction of sp³-hybridized carbons (Fsp3) is 0.273. The molecule has 3 aromatic rings. The van der Waals surface area contributed by atoms with Crippen molar-refractivity contribution >= 4 is 0 Å². The Morgan fingerprint density at radius 3 is 2.44 bits per heavy atom. The molecule has 1 aromatic heterocycles. The fourth-order valence-electron chi connectivity index (χ4n) is 3.51. The van der Waals surface area contributed by atoms with Gasteiger partial charge in [-0.1, -0.05) is 42.5 Å². The molecule has 1 aliphatic heterocycles. The van der Waals surface area contributed by atoms with Crippen molar-refractivity contribution in [1.29, 1.82) is 0 Å². The maximum atomic E-state index is 5.94. The minimum atomic E-state index is 0.172. The van der Waals surface area contributed by atoms with Gasteiger partial charge < -0.3 is 14.5 Å². The first-order valence-electron chi connectivity index (χ1n) is 8.93. The Kier molecular flexibility index (Phi) is 4.84. The summed E-state index contributed by atoms with van der Waals surface area (Å²) < 4.78 is 11.3. The zero-order valence-electron chi connectivity index (χ0n) is 14.2. The number of benzene rings is 2. The van der Waals surface area contributed by atoms with Crippen LogP contribution in [0.2, 0.25) is 0 Å². The van der Waals surface area contributed by atoms with Crippen LogP contribution >= 0.6 is 0 Å². The molecule has 1 unspecified atom stereocenters. The SMILES string of the molecule is c1ccc(C(c2ccc(OC[C@H]3CCCN3)cc2)c2ccoc2)cc1. The molecule has 0 bridgehead atoms. The standard InChI is InChI=1S/C22H23NO2/c1-2-5-17(6-3-1)22(19-12-14-24-15-19)18-8-10-21(11-9-18)25-16-20-7-4-13-23-20/h1-3,5-6,8-12,14-15,20,22-23H,4,7,13,16H2/t20-,22?/m1/s1. The van der Waals surface area contributed by atoms with Crippen LogP contribution in [0.15, 0.2) is 77.6 Å². The molecule has 0 spiro atoms. The van der Waals surface area contributed by atoms with Crippen molar-refractivity contribution in [3.05, 3.63) is 89.9 Å². The maximum absolute atomic E-state index is 5.94. The first-order chi connectivity index (χ1) is 12.4. The van der Waals surface area contributed by atoms with Crippen LogP contribution in [0.5, 0.6) is 5.75 Å². The van der Waals surface area contributed by atoms with Gasteiger partial charge in [-0.15, -0.1) is 0 Å². The number of furan rings is 1. The highest BCUT2D eigenvalue weighted by Crippen LogP contribution is 2.33. The topological polar surface area (TPSA) is 34.4 Å². The van der Waals surface area contributed by atoms with E-state index in [0.717, 1.165) is 24.5 Å². The molecule has 0 amide bonds. The van der Waals surface area contributed by atoms with Crippen molar-refractivity contribution in [3.63, 3.8) is 0 Å². The van der Waals surface area contributed by atoms with Crippen LogP contribution in [-0.4, -0.2) is 19.2 Å². The van der Waals surface area contributed by atoms with Gasteiger partial charge in [0.25, 0.3) is 0 Å². The van der Waals surface area contributed by atoms with E-state index in [1.54, 1.807) is 6.26 Å². The van der Waals surface area contributed by atoms with Crippen LogP contribution in [0.25, 0.3) is 0 Å². The third-order valence-electron chi connectivity index (χ3n) is 4.84. The second-order valence-electron chi connectivity index (χ2n) is 6.57. The zero-order valence-corrected chi connectivity index (χ0v) is 14.2. The second-order valence-corrected chi connectivity index (χ2v) is 6.57. The highest BCUT2D eigenvalue weighted by atomic mass is 16.5. The first kappa shape index (κ1) is 16.0. The molecule has 0 radical (unpaired) electrons. The largest absolute Gasteiger partial charge is 0.492 e. The summed E-state index contributed by atoms with van der Waals surface area (Å²) in [7, 11) is 0. The molecular weight excluding hydrogens is 310 g/mol. The van der Waals surface area contributed by atoms with E-state index in [4.69, 9.17) is 9.15 Å². The van der Waals surface area contributed by atoms with Gasteiger partial charge in [0.05, 0.1) is 12.5 Å². The van der Waals surface area contributed by atoms with Gasteiger partial charge in [0.2, 0.25) is 0 Å². The number of rotatable bonds is 6. The van der Waals surface area contributed by atoms with Crippen molar-refractivity contribution < 1.29 is 9.15 Å². The van der Waals surface area contributed by atoms with Crippen molar-refractivity contribution in [2.45, 2.75) is 24.8 Å². The Morgan fingerprint density at radius 1 is 0.960 bits per heavy atom. The molecule has 2 heterocycles. The molecule has 2 atom stereocenters. The minimum Gasteiger partial charge on any atom is -0.492 e. The van der Waals surface area contributed by atoms with Gasteiger partial charge in [-0.25, -0.2) is 0 Å². The molecule has 25 heavy (non-hydrogen) atoms. The average molecular weight is 333 g/mol. The van der Waals surface area contributed by atoms with Crippen LogP contribution in [0.1, 0.15) is 35.4 Å². The van der Waals surface area contributed by atoms with Crippen LogP contribution < -0.4 is 10.1 Å². The fourth-order valence-corrected chi connectivity index (χ4v) is 3.51. The Bertz CT molecular complexity index is 760. The normalized spacial score (nSPS) is 18.2. The summed E-state index contributed by atoms with van der Waals surface area (Å²) in [5, 5.41) is 3.46. The molecule has 1 aliphatic rings. The molecule has 0 saturated carbocycles. The van der Waals surface area contributed by atoms with Crippen LogP contribution in [0, 0.1) is 0 Å². The summed E-state index contributed by atoms with van der Waals surface area (Å²) in [6.07, 6.45) is 6.01. The summed E-state index contributed by atoms with van der Waals surface area (Å²) in [4.78, 5) is 0. The van der Waals surface area contributed by atoms with Gasteiger partial charge >= 0.3 is 0 Å². The third-order valence-corrected chi connectivity index (χ3v) is 4.84. The van der Waals surface area contributed by atoms with Crippen LogP contribution in [-0.2, 0) is 0 Å². The van der Waals surface area contributed by atoms with Gasteiger partial charge in [0, 0.05) is 17.5 Å². The number of hydrogen-bond acceptors (Lipinski definition) is 3. The lowest BCUT2D eigenvalue weighted by molar-refractivity contribution is 0.277. The molecule has 1 saturated heterocycles. The smallest absolute Gasteiger partial charge is 0.119 e. The van der Waals surface area contributed by atoms with E-state index in [1.807, 2.05) is 18.4 Å². The lowest BCUT2D eigenvalue weighted by Crippen LogP contribution is -2.28. The van der Waals surface area contributed by atoms with E-state index >= 15 is 0 Å². The average Bonchev–Trinajstić information content (AvgIpc) is 3.36. The maximum Gasteiger partial charge on any atom is 0.119 e. The monoisotopic (exact) mass is 333 g/mol. The molecular formula is C22H23NO2. The van der Waals surface area contributed by atoms with Crippen molar-refractivity contribution in [2.75, 3.05) is 13.2 Å². The van der Waals surface area contributed by atoms with Gasteiger partial charge in [-0.2, -0.15) is 0 Å². The first-order valence-corrected chi connectivity index (χ1v) is 8.93. The predicted molar refractivity (Wildman–Crippen MR) is 99.1 cm³/mol. The third kappa shape index (κ3) is 3.77. The second kappa shape index (κ2) is 7.58. The predicted octanol–water partition coefficient (Wildman–Crippen LogP) is 4.59. The number of hydrogen-bond donors (Lipinski definition) is 1. The highest BCUT2D eigenvalue weighted by molar-refractivity contribution is 5.43. The van der Waals surface area contributed by atoms with E-state index in [1.165, 1.54) is 24.0 Å². The molecule has 1 N–H and O–H groups in total. The summed E-state index contributed by atoms with van der Waals surface area (Å²) in [5.41, 5.74) is 3.65. The van der Waals surface area contributed by atoms with E-state index in [9.17, 15) is 0 Å². The lowest BCUT2D eigenvalue weighted by atomic mass is 9.87. The molecule has 3 nitrogen and oxygen atoms in total. The Hall–Kier alpha value is -2.52. The summed E-state index contributed by atoms with van der Waals surface area (Å²) in [6.45, 7) is 1.85. The van der Waals surface area contributed by atoms with E-state index < -0.39 is 0 Å². The van der Waals surface area contributed by atoms with Crippen molar-refractivity contribution in [1.82, 2.24) is 5.32 Å². The zero-order chi connectivity index (χ0) is 16.9. The molecule has 4 rings (SSSR count). The molecule has 0 aliphatic carbocycles. The van der Waals surface area contributed by atoms with E-state index in [2.05, 4.69) is 53.8 Å². The highest BCUT2D eigenvalue weighted by Gasteiger charge is 2.18. The van der Waals surface area contributed by atoms with E-state index in [-0.39, 0.29) is 5.92 Å². The number of nitrogens with one attached hydrogen (secondary N) is 1. The van der Waals surface area contributed by atoms with Gasteiger partial charge in [0.1, 0.15) is 12.4 Å². The van der Waals surface area contributed by atoms with Crippen molar-refractivity contribution in [3.8, 4) is 5.75 Å². The minimum absolute atomic E-state index is 0.172. The Labute approximate surface area is 148 Å². The van der Waals surface area contributed by atoms with Crippen LogP contribution in [0.3, 0.4) is 0 Å². The van der Waals surface area contributed by atoms with E-state index in [0.29, 0.717) is 6.04 Å². The molecule has 2 aromatic carbocycles. The summed E-state index contributed by atoms with van der Waals surface area (Å²) >= 11 is 0. The Balaban J connectivity index is 1.53. The molecule has 1 fully saturated rings. The quantitative estimate of drug-likeness (QED) is 0.716. The van der Waals surface area contributed by atoms with Crippen molar-refractivity contribution in [2.24, 2.45) is 0 Å². The lowest BCUT2D eigenvalue weighted by Gasteiger charge is -2.18. The van der Waals surface area contributed by atoms with Gasteiger partial charge in [-0.3, -0.25) is 0 Å². The number of ether oxygens (including phenoxy) is 1.